The minimum absolute atomic E-state index is 0.0765. The SMILES string of the molecule is O=C(O)c1cn(Oc2ccc(C3CCC(F)(F)CC3)cc2)nn1. The Bertz CT molecular complexity index is 690. The fourth-order valence-corrected chi connectivity index (χ4v) is 2.67. The van der Waals surface area contributed by atoms with Gasteiger partial charge in [-0.25, -0.2) is 13.6 Å². The molecule has 1 aromatic heterocycles. The molecule has 1 saturated carbocycles. The van der Waals surface area contributed by atoms with Crippen LogP contribution in [-0.2, 0) is 0 Å². The Morgan fingerprint density at radius 2 is 1.91 bits per heavy atom. The number of hydrogen-bond donors (Lipinski definition) is 1. The quantitative estimate of drug-likeness (QED) is 0.935. The third kappa shape index (κ3) is 3.64. The summed E-state index contributed by atoms with van der Waals surface area (Å²) in [5, 5.41) is 15.7. The Morgan fingerprint density at radius 1 is 1.26 bits per heavy atom. The second-order valence-electron chi connectivity index (χ2n) is 5.60. The molecule has 1 N–H and O–H groups in total. The second-order valence-corrected chi connectivity index (χ2v) is 5.60. The minimum Gasteiger partial charge on any atom is -0.476 e. The first kappa shape index (κ1) is 15.4. The molecule has 23 heavy (non-hydrogen) atoms. The van der Waals surface area contributed by atoms with Crippen molar-refractivity contribution in [3.05, 3.63) is 41.7 Å². The van der Waals surface area contributed by atoms with Crippen LogP contribution in [0.1, 0.15) is 47.7 Å². The van der Waals surface area contributed by atoms with E-state index >= 15 is 0 Å². The standard InChI is InChI=1S/C15H15F2N3O3/c16-15(17)7-5-11(6-8-15)10-1-3-12(4-2-10)23-20-9-13(14(21)22)18-19-20/h1-4,9,11H,5-8H2,(H,21,22). The fraction of sp³-hybridized carbons (Fsp3) is 0.400. The van der Waals surface area contributed by atoms with Crippen LogP contribution in [0.15, 0.2) is 30.5 Å². The molecule has 1 fully saturated rings. The summed E-state index contributed by atoms with van der Waals surface area (Å²) >= 11 is 0. The zero-order valence-electron chi connectivity index (χ0n) is 12.2. The van der Waals surface area contributed by atoms with Crippen LogP contribution in [0.2, 0.25) is 0 Å². The number of carbonyl (C=O) groups is 1. The number of carboxylic acid groups (broad SMARTS) is 1. The molecule has 1 aliphatic carbocycles. The first-order valence-corrected chi connectivity index (χ1v) is 7.25. The number of benzene rings is 1. The Labute approximate surface area is 130 Å². The second kappa shape index (κ2) is 5.94. The summed E-state index contributed by atoms with van der Waals surface area (Å²) in [6, 6.07) is 7.06. The number of halogens is 2. The van der Waals surface area contributed by atoms with Crippen molar-refractivity contribution in [2.24, 2.45) is 0 Å². The monoisotopic (exact) mass is 323 g/mol. The molecule has 0 saturated heterocycles. The third-order valence-corrected chi connectivity index (χ3v) is 3.96. The number of hydrogen-bond acceptors (Lipinski definition) is 4. The molecule has 0 unspecified atom stereocenters. The molecule has 3 rings (SSSR count). The Morgan fingerprint density at radius 3 is 2.48 bits per heavy atom. The van der Waals surface area contributed by atoms with E-state index in [0.29, 0.717) is 18.6 Å². The molecular weight excluding hydrogens is 308 g/mol. The average Bonchev–Trinajstić information content (AvgIpc) is 2.97. The van der Waals surface area contributed by atoms with Crippen LogP contribution >= 0.6 is 0 Å². The van der Waals surface area contributed by atoms with Gasteiger partial charge in [-0.15, -0.1) is 5.10 Å². The number of carboxylic acids is 1. The average molecular weight is 323 g/mol. The molecule has 0 amide bonds. The van der Waals surface area contributed by atoms with Crippen molar-refractivity contribution in [1.82, 2.24) is 15.2 Å². The van der Waals surface area contributed by atoms with Gasteiger partial charge in [-0.3, -0.25) is 0 Å². The van der Waals surface area contributed by atoms with Crippen LogP contribution in [0.3, 0.4) is 0 Å². The van der Waals surface area contributed by atoms with E-state index in [-0.39, 0.29) is 24.5 Å². The van der Waals surface area contributed by atoms with E-state index in [0.717, 1.165) is 16.6 Å². The largest absolute Gasteiger partial charge is 0.476 e. The van der Waals surface area contributed by atoms with Crippen molar-refractivity contribution in [2.45, 2.75) is 37.5 Å². The maximum Gasteiger partial charge on any atom is 0.358 e. The Kier molecular flexibility index (Phi) is 3.97. The highest BCUT2D eigenvalue weighted by Crippen LogP contribution is 2.41. The molecule has 0 bridgehead atoms. The fourth-order valence-electron chi connectivity index (χ4n) is 2.67. The van der Waals surface area contributed by atoms with Gasteiger partial charge in [0, 0.05) is 12.8 Å². The van der Waals surface area contributed by atoms with E-state index in [1.54, 1.807) is 12.1 Å². The van der Waals surface area contributed by atoms with Crippen molar-refractivity contribution in [2.75, 3.05) is 0 Å². The minimum atomic E-state index is -2.53. The van der Waals surface area contributed by atoms with E-state index < -0.39 is 11.9 Å². The molecular formula is C15H15F2N3O3. The van der Waals surface area contributed by atoms with Crippen molar-refractivity contribution in [3.63, 3.8) is 0 Å². The van der Waals surface area contributed by atoms with Crippen molar-refractivity contribution in [1.29, 1.82) is 0 Å². The van der Waals surface area contributed by atoms with Gasteiger partial charge in [0.2, 0.25) is 5.92 Å². The Balaban J connectivity index is 1.64. The van der Waals surface area contributed by atoms with E-state index in [1.807, 2.05) is 12.1 Å². The molecule has 1 aromatic carbocycles. The number of rotatable bonds is 4. The number of nitrogens with zero attached hydrogens (tertiary/aromatic N) is 3. The normalized spacial score (nSPS) is 17.8. The Hall–Kier alpha value is -2.51. The molecule has 1 aliphatic rings. The number of aromatic carboxylic acids is 1. The van der Waals surface area contributed by atoms with Crippen LogP contribution in [0, 0.1) is 0 Å². The van der Waals surface area contributed by atoms with Crippen LogP contribution in [-0.4, -0.2) is 32.2 Å². The summed E-state index contributed by atoms with van der Waals surface area (Å²) < 4.78 is 26.4. The van der Waals surface area contributed by atoms with E-state index in [4.69, 9.17) is 9.94 Å². The summed E-state index contributed by atoms with van der Waals surface area (Å²) in [6.45, 7) is 0. The maximum atomic E-state index is 13.2. The van der Waals surface area contributed by atoms with Crippen LogP contribution in [0.25, 0.3) is 0 Å². The smallest absolute Gasteiger partial charge is 0.358 e. The topological polar surface area (TPSA) is 77.2 Å². The van der Waals surface area contributed by atoms with Crippen molar-refractivity contribution >= 4 is 5.97 Å². The van der Waals surface area contributed by atoms with Gasteiger partial charge in [-0.05, 0) is 41.7 Å². The van der Waals surface area contributed by atoms with Gasteiger partial charge in [-0.1, -0.05) is 17.0 Å². The molecule has 0 spiro atoms. The zero-order valence-corrected chi connectivity index (χ0v) is 12.2. The number of alkyl halides is 2. The van der Waals surface area contributed by atoms with Crippen molar-refractivity contribution < 1.29 is 23.5 Å². The van der Waals surface area contributed by atoms with E-state index in [2.05, 4.69) is 10.3 Å². The molecule has 0 atom stereocenters. The highest BCUT2D eigenvalue weighted by molar-refractivity contribution is 5.84. The molecule has 0 aliphatic heterocycles. The molecule has 0 radical (unpaired) electrons. The summed E-state index contributed by atoms with van der Waals surface area (Å²) in [7, 11) is 0. The molecule has 2 aromatic rings. The summed E-state index contributed by atoms with van der Waals surface area (Å²) in [5.74, 6) is -3.14. The molecule has 6 nitrogen and oxygen atoms in total. The van der Waals surface area contributed by atoms with Gasteiger partial charge in [-0.2, -0.15) is 0 Å². The highest BCUT2D eigenvalue weighted by atomic mass is 19.3. The van der Waals surface area contributed by atoms with Gasteiger partial charge >= 0.3 is 5.97 Å². The predicted molar refractivity (Wildman–Crippen MR) is 75.6 cm³/mol. The lowest BCUT2D eigenvalue weighted by molar-refractivity contribution is -0.0382. The summed E-state index contributed by atoms with van der Waals surface area (Å²) in [6.07, 6.45) is 1.94. The summed E-state index contributed by atoms with van der Waals surface area (Å²) in [4.78, 5) is 17.0. The van der Waals surface area contributed by atoms with E-state index in [1.165, 1.54) is 0 Å². The molecule has 122 valence electrons. The third-order valence-electron chi connectivity index (χ3n) is 3.96. The van der Waals surface area contributed by atoms with Gasteiger partial charge in [0.05, 0.1) is 0 Å². The highest BCUT2D eigenvalue weighted by Gasteiger charge is 2.35. The van der Waals surface area contributed by atoms with Gasteiger partial charge in [0.15, 0.2) is 11.4 Å². The van der Waals surface area contributed by atoms with Crippen LogP contribution < -0.4 is 4.84 Å². The zero-order chi connectivity index (χ0) is 16.4. The number of aromatic nitrogens is 3. The lowest BCUT2D eigenvalue weighted by Crippen LogP contribution is -2.23. The predicted octanol–water partition coefficient (Wildman–Crippen LogP) is 3.11. The van der Waals surface area contributed by atoms with Crippen LogP contribution in [0.5, 0.6) is 5.75 Å². The van der Waals surface area contributed by atoms with E-state index in [9.17, 15) is 13.6 Å². The lowest BCUT2D eigenvalue weighted by atomic mass is 9.82. The summed E-state index contributed by atoms with van der Waals surface area (Å²) in [5.41, 5.74) is 0.780. The van der Waals surface area contributed by atoms with Crippen molar-refractivity contribution in [3.8, 4) is 5.75 Å². The van der Waals surface area contributed by atoms with Gasteiger partial charge < -0.3 is 9.94 Å². The van der Waals surface area contributed by atoms with Gasteiger partial charge in [0.25, 0.3) is 0 Å². The maximum absolute atomic E-state index is 13.2. The first-order chi connectivity index (χ1) is 10.9. The lowest BCUT2D eigenvalue weighted by Gasteiger charge is -2.28. The van der Waals surface area contributed by atoms with Gasteiger partial charge in [0.1, 0.15) is 6.20 Å². The molecule has 1 heterocycles. The molecule has 8 heteroatoms. The van der Waals surface area contributed by atoms with Crippen LogP contribution in [0.4, 0.5) is 8.78 Å². The first-order valence-electron chi connectivity index (χ1n) is 7.25.